The van der Waals surface area contributed by atoms with Crippen LogP contribution in [0.2, 0.25) is 5.02 Å². The first-order valence-corrected chi connectivity index (χ1v) is 9.66. The molecule has 3 rings (SSSR count). The molecule has 0 saturated heterocycles. The smallest absolute Gasteiger partial charge is 0.277 e. The maximum atomic E-state index is 11.9. The van der Waals surface area contributed by atoms with E-state index in [4.69, 9.17) is 20.8 Å². The van der Waals surface area contributed by atoms with Crippen molar-refractivity contribution in [2.45, 2.75) is 13.8 Å². The van der Waals surface area contributed by atoms with Gasteiger partial charge in [-0.25, -0.2) is 5.43 Å². The highest BCUT2D eigenvalue weighted by molar-refractivity contribution is 9.10. The maximum absolute atomic E-state index is 11.9. The molecule has 0 atom stereocenters. The molecule has 7 heteroatoms. The predicted molar refractivity (Wildman–Crippen MR) is 114 cm³/mol. The number of hydrogen-bond donors (Lipinski definition) is 1. The van der Waals surface area contributed by atoms with Crippen LogP contribution in [0.25, 0.3) is 11.3 Å². The first kappa shape index (κ1) is 20.2. The van der Waals surface area contributed by atoms with Crippen LogP contribution in [-0.2, 0) is 4.79 Å². The number of furan rings is 1. The Morgan fingerprint density at radius 3 is 2.54 bits per heavy atom. The number of halogens is 2. The summed E-state index contributed by atoms with van der Waals surface area (Å²) >= 11 is 9.52. The van der Waals surface area contributed by atoms with E-state index in [9.17, 15) is 4.79 Å². The molecular weight excluding hydrogens is 444 g/mol. The number of benzene rings is 2. The number of nitrogens with zero attached hydrogens (tertiary/aromatic N) is 1. The summed E-state index contributed by atoms with van der Waals surface area (Å²) in [6.07, 6.45) is 1.44. The fourth-order valence-electron chi connectivity index (χ4n) is 2.53. The van der Waals surface area contributed by atoms with Crippen molar-refractivity contribution >= 4 is 39.7 Å². The first-order valence-electron chi connectivity index (χ1n) is 8.49. The Kier molecular flexibility index (Phi) is 6.54. The van der Waals surface area contributed by atoms with Crippen LogP contribution in [0.1, 0.15) is 16.9 Å². The van der Waals surface area contributed by atoms with E-state index in [1.807, 2.05) is 44.2 Å². The molecule has 0 bridgehead atoms. The molecule has 0 unspecified atom stereocenters. The summed E-state index contributed by atoms with van der Waals surface area (Å²) in [4.78, 5) is 11.9. The van der Waals surface area contributed by atoms with Gasteiger partial charge < -0.3 is 9.15 Å². The highest BCUT2D eigenvalue weighted by atomic mass is 79.9. The van der Waals surface area contributed by atoms with E-state index >= 15 is 0 Å². The number of aryl methyl sites for hydroxylation is 2. The Bertz CT molecular complexity index is 990. The minimum Gasteiger partial charge on any atom is -0.484 e. The lowest BCUT2D eigenvalue weighted by atomic mass is 10.1. The first-order chi connectivity index (χ1) is 13.4. The third kappa shape index (κ3) is 5.24. The van der Waals surface area contributed by atoms with Crippen molar-refractivity contribution in [3.8, 4) is 17.1 Å². The molecule has 0 aliphatic heterocycles. The van der Waals surface area contributed by atoms with Gasteiger partial charge in [0.1, 0.15) is 17.3 Å². The lowest BCUT2D eigenvalue weighted by Gasteiger charge is -2.09. The van der Waals surface area contributed by atoms with Crippen molar-refractivity contribution in [3.63, 3.8) is 0 Å². The van der Waals surface area contributed by atoms with E-state index < -0.39 is 0 Å². The molecule has 1 N–H and O–H groups in total. The topological polar surface area (TPSA) is 63.8 Å². The third-order valence-corrected chi connectivity index (χ3v) is 5.04. The van der Waals surface area contributed by atoms with Crippen LogP contribution >= 0.6 is 27.5 Å². The van der Waals surface area contributed by atoms with Gasteiger partial charge in [0.2, 0.25) is 0 Å². The molecule has 0 radical (unpaired) electrons. The summed E-state index contributed by atoms with van der Waals surface area (Å²) in [6, 6.07) is 15.0. The van der Waals surface area contributed by atoms with Gasteiger partial charge in [0.15, 0.2) is 6.61 Å². The number of carbonyl (C=O) groups is 1. The maximum Gasteiger partial charge on any atom is 0.277 e. The zero-order valence-electron chi connectivity index (χ0n) is 15.3. The Balaban J connectivity index is 1.52. The zero-order chi connectivity index (χ0) is 20.1. The van der Waals surface area contributed by atoms with Crippen LogP contribution in [0.15, 0.2) is 62.5 Å². The van der Waals surface area contributed by atoms with Crippen molar-refractivity contribution in [1.82, 2.24) is 5.43 Å². The van der Waals surface area contributed by atoms with Crippen LogP contribution in [0.3, 0.4) is 0 Å². The van der Waals surface area contributed by atoms with Gasteiger partial charge in [-0.15, -0.1) is 0 Å². The van der Waals surface area contributed by atoms with E-state index in [-0.39, 0.29) is 12.5 Å². The highest BCUT2D eigenvalue weighted by Gasteiger charge is 2.07. The van der Waals surface area contributed by atoms with E-state index in [0.29, 0.717) is 16.5 Å². The number of carbonyl (C=O) groups excluding carboxylic acids is 1. The number of hydrazone groups is 1. The Hall–Kier alpha value is -2.57. The van der Waals surface area contributed by atoms with E-state index in [1.165, 1.54) is 6.21 Å². The van der Waals surface area contributed by atoms with Crippen molar-refractivity contribution in [3.05, 3.63) is 74.9 Å². The predicted octanol–water partition coefficient (Wildman–Crippen LogP) is 5.51. The number of hydrogen-bond acceptors (Lipinski definition) is 4. The minimum atomic E-state index is -0.374. The van der Waals surface area contributed by atoms with Gasteiger partial charge in [0.05, 0.1) is 6.21 Å². The van der Waals surface area contributed by atoms with Crippen LogP contribution in [-0.4, -0.2) is 18.7 Å². The van der Waals surface area contributed by atoms with Crippen molar-refractivity contribution in [2.75, 3.05) is 6.61 Å². The molecule has 2 aromatic carbocycles. The number of rotatable bonds is 6. The summed E-state index contributed by atoms with van der Waals surface area (Å²) in [6.45, 7) is 3.62. The summed E-state index contributed by atoms with van der Waals surface area (Å²) in [5.41, 5.74) is 5.16. The van der Waals surface area contributed by atoms with Gasteiger partial charge in [0.25, 0.3) is 5.91 Å². The molecular formula is C21H18BrClN2O3. The molecule has 0 saturated carbocycles. The monoisotopic (exact) mass is 460 g/mol. The fraction of sp³-hybridized carbons (Fsp3) is 0.143. The Morgan fingerprint density at radius 2 is 1.86 bits per heavy atom. The van der Waals surface area contributed by atoms with E-state index in [0.717, 1.165) is 26.9 Å². The minimum absolute atomic E-state index is 0.153. The average molecular weight is 462 g/mol. The molecule has 0 fully saturated rings. The van der Waals surface area contributed by atoms with Gasteiger partial charge in [0, 0.05) is 15.1 Å². The van der Waals surface area contributed by atoms with Crippen LogP contribution < -0.4 is 10.2 Å². The second-order valence-corrected chi connectivity index (χ2v) is 7.46. The average Bonchev–Trinajstić information content (AvgIpc) is 3.14. The van der Waals surface area contributed by atoms with Crippen LogP contribution in [0, 0.1) is 13.8 Å². The van der Waals surface area contributed by atoms with Crippen LogP contribution in [0.5, 0.6) is 5.75 Å². The van der Waals surface area contributed by atoms with Gasteiger partial charge >= 0.3 is 0 Å². The van der Waals surface area contributed by atoms with Crippen molar-refractivity contribution in [2.24, 2.45) is 5.10 Å². The lowest BCUT2D eigenvalue weighted by molar-refractivity contribution is -0.123. The zero-order valence-corrected chi connectivity index (χ0v) is 17.7. The summed E-state index contributed by atoms with van der Waals surface area (Å²) in [7, 11) is 0. The van der Waals surface area contributed by atoms with Gasteiger partial charge in [-0.1, -0.05) is 39.7 Å². The molecule has 0 aliphatic carbocycles. The second kappa shape index (κ2) is 9.08. The SMILES string of the molecule is Cc1cc(OCC(=O)NN=Cc2ccc(-c3ccc(Br)cc3)o2)cc(C)c1Cl. The lowest BCUT2D eigenvalue weighted by Crippen LogP contribution is -2.24. The van der Waals surface area contributed by atoms with Gasteiger partial charge in [-0.05, 0) is 61.4 Å². The largest absolute Gasteiger partial charge is 0.484 e. The third-order valence-electron chi connectivity index (χ3n) is 3.92. The Morgan fingerprint density at radius 1 is 1.18 bits per heavy atom. The number of amides is 1. The van der Waals surface area contributed by atoms with Gasteiger partial charge in [-0.3, -0.25) is 4.79 Å². The number of ether oxygens (including phenoxy) is 1. The molecule has 0 spiro atoms. The molecule has 28 heavy (non-hydrogen) atoms. The highest BCUT2D eigenvalue weighted by Crippen LogP contribution is 2.26. The Labute approximate surface area is 176 Å². The summed E-state index contributed by atoms with van der Waals surface area (Å²) < 4.78 is 12.2. The van der Waals surface area contributed by atoms with Crippen molar-refractivity contribution in [1.29, 1.82) is 0 Å². The molecule has 1 amide bonds. The quantitative estimate of drug-likeness (QED) is 0.389. The molecule has 3 aromatic rings. The van der Waals surface area contributed by atoms with Crippen molar-refractivity contribution < 1.29 is 13.9 Å². The van der Waals surface area contributed by atoms with E-state index in [2.05, 4.69) is 26.5 Å². The molecule has 5 nitrogen and oxygen atoms in total. The molecule has 0 aliphatic rings. The second-order valence-electron chi connectivity index (χ2n) is 6.16. The van der Waals surface area contributed by atoms with Crippen LogP contribution in [0.4, 0.5) is 0 Å². The fourth-order valence-corrected chi connectivity index (χ4v) is 2.90. The standard InChI is InChI=1S/C21H18BrClN2O3/c1-13-9-18(10-14(2)21(13)23)27-12-20(26)25-24-11-17-7-8-19(28-17)15-3-5-16(22)6-4-15/h3-11H,12H2,1-2H3,(H,25,26). The molecule has 1 heterocycles. The number of nitrogens with one attached hydrogen (secondary N) is 1. The summed E-state index contributed by atoms with van der Waals surface area (Å²) in [5.74, 6) is 1.46. The van der Waals surface area contributed by atoms with Gasteiger partial charge in [-0.2, -0.15) is 5.10 Å². The van der Waals surface area contributed by atoms with E-state index in [1.54, 1.807) is 18.2 Å². The normalized spacial score (nSPS) is 11.0. The molecule has 1 aromatic heterocycles. The molecule has 144 valence electrons. The summed E-state index contributed by atoms with van der Waals surface area (Å²) in [5, 5.41) is 4.59.